The summed E-state index contributed by atoms with van der Waals surface area (Å²) in [6.07, 6.45) is 0. The van der Waals surface area contributed by atoms with Gasteiger partial charge in [-0.05, 0) is 99.1 Å². The van der Waals surface area contributed by atoms with Gasteiger partial charge in [0.2, 0.25) is 0 Å². The van der Waals surface area contributed by atoms with Crippen LogP contribution in [-0.4, -0.2) is 9.13 Å². The van der Waals surface area contributed by atoms with Gasteiger partial charge in [0.05, 0.1) is 22.1 Å². The summed E-state index contributed by atoms with van der Waals surface area (Å²) in [4.78, 5) is 0. The molecule has 0 unspecified atom stereocenters. The maximum Gasteiger partial charge on any atom is 0.0547 e. The summed E-state index contributed by atoms with van der Waals surface area (Å²) >= 11 is 0. The Kier molecular flexibility index (Phi) is 7.53. The Bertz CT molecular complexity index is 3190. The number of benzene rings is 9. The van der Waals surface area contributed by atoms with Crippen LogP contribution in [0, 0.1) is 0 Å². The highest BCUT2D eigenvalue weighted by atomic mass is 15.0. The minimum absolute atomic E-state index is 1.15. The number of para-hydroxylation sites is 3. The number of hydrogen-bond acceptors (Lipinski definition) is 0. The highest BCUT2D eigenvalue weighted by molar-refractivity contribution is 6.13. The van der Waals surface area contributed by atoms with Crippen molar-refractivity contribution in [2.24, 2.45) is 0 Å². The number of hydrogen-bond donors (Lipinski definition) is 0. The van der Waals surface area contributed by atoms with Crippen LogP contribution in [-0.2, 0) is 0 Å². The first kappa shape index (κ1) is 32.0. The van der Waals surface area contributed by atoms with Crippen molar-refractivity contribution in [1.29, 1.82) is 0 Å². The quantitative estimate of drug-likeness (QED) is 0.162. The van der Waals surface area contributed by atoms with Crippen LogP contribution < -0.4 is 0 Å². The molecule has 0 atom stereocenters. The average Bonchev–Trinajstić information content (AvgIpc) is 3.79. The number of fused-ring (bicyclic) bond motifs is 6. The second kappa shape index (κ2) is 13.2. The van der Waals surface area contributed by atoms with Gasteiger partial charge in [-0.25, -0.2) is 0 Å². The zero-order valence-corrected chi connectivity index (χ0v) is 30.7. The minimum Gasteiger partial charge on any atom is -0.309 e. The Hall–Kier alpha value is -7.42. The molecular weight excluding hydrogens is 677 g/mol. The molecule has 0 N–H and O–H groups in total. The van der Waals surface area contributed by atoms with Crippen LogP contribution in [0.15, 0.2) is 218 Å². The van der Waals surface area contributed by atoms with Gasteiger partial charge in [-0.3, -0.25) is 0 Å². The molecule has 2 heteroatoms. The normalized spacial score (nSPS) is 11.6. The third kappa shape index (κ3) is 5.34. The zero-order valence-electron chi connectivity index (χ0n) is 30.7. The van der Waals surface area contributed by atoms with Gasteiger partial charge in [0.15, 0.2) is 0 Å². The lowest BCUT2D eigenvalue weighted by Gasteiger charge is -2.10. The van der Waals surface area contributed by atoms with Crippen LogP contribution in [0.5, 0.6) is 0 Å². The van der Waals surface area contributed by atoms with Crippen LogP contribution >= 0.6 is 0 Å². The van der Waals surface area contributed by atoms with E-state index in [1.165, 1.54) is 93.8 Å². The predicted octanol–water partition coefficient (Wildman–Crippen LogP) is 14.5. The molecule has 262 valence electrons. The molecule has 0 aliphatic carbocycles. The summed E-state index contributed by atoms with van der Waals surface area (Å²) in [6, 6.07) is 79.4. The first-order valence-corrected chi connectivity index (χ1v) is 19.3. The molecule has 2 aromatic heterocycles. The van der Waals surface area contributed by atoms with Gasteiger partial charge in [0.1, 0.15) is 0 Å². The summed E-state index contributed by atoms with van der Waals surface area (Å²) in [5, 5.41) is 5.01. The Morgan fingerprint density at radius 3 is 1.07 bits per heavy atom. The van der Waals surface area contributed by atoms with Gasteiger partial charge in [0.25, 0.3) is 0 Å². The van der Waals surface area contributed by atoms with Crippen molar-refractivity contribution in [2.45, 2.75) is 0 Å². The van der Waals surface area contributed by atoms with E-state index >= 15 is 0 Å². The van der Waals surface area contributed by atoms with Crippen LogP contribution in [0.25, 0.3) is 99.5 Å². The fourth-order valence-corrected chi connectivity index (χ4v) is 8.58. The lowest BCUT2D eigenvalue weighted by atomic mass is 9.97. The molecule has 0 bridgehead atoms. The molecule has 2 nitrogen and oxygen atoms in total. The average molecular weight is 713 g/mol. The second-order valence-corrected chi connectivity index (χ2v) is 14.6. The lowest BCUT2D eigenvalue weighted by Crippen LogP contribution is -1.94. The molecule has 0 radical (unpaired) electrons. The van der Waals surface area contributed by atoms with Gasteiger partial charge < -0.3 is 9.13 Å². The van der Waals surface area contributed by atoms with Crippen LogP contribution in [0.4, 0.5) is 0 Å². The molecule has 0 spiro atoms. The van der Waals surface area contributed by atoms with Crippen molar-refractivity contribution in [2.75, 3.05) is 0 Å². The molecule has 11 rings (SSSR count). The smallest absolute Gasteiger partial charge is 0.0547 e. The zero-order chi connectivity index (χ0) is 37.0. The standard InChI is InChI=1S/C54H36N2/c1-4-12-37(13-5-1)38-20-22-39(23-21-38)40-24-26-41(27-25-40)42-30-33-52-50(34-42)49-32-29-44(36-54(49)56(52)46-16-8-3-9-17-46)43-28-31-48-47-18-10-11-19-51(47)55(53(48)35-43)45-14-6-2-7-15-45/h1-36H. The van der Waals surface area contributed by atoms with E-state index in [4.69, 9.17) is 0 Å². The monoisotopic (exact) mass is 712 g/mol. The Balaban J connectivity index is 1.01. The largest absolute Gasteiger partial charge is 0.309 e. The predicted molar refractivity (Wildman–Crippen MR) is 237 cm³/mol. The van der Waals surface area contributed by atoms with Crippen LogP contribution in [0.3, 0.4) is 0 Å². The summed E-state index contributed by atoms with van der Waals surface area (Å²) in [5.74, 6) is 0. The highest BCUT2D eigenvalue weighted by Gasteiger charge is 2.17. The number of rotatable bonds is 6. The molecule has 2 heterocycles. The van der Waals surface area contributed by atoms with E-state index in [1.807, 2.05) is 0 Å². The van der Waals surface area contributed by atoms with Gasteiger partial charge in [-0.2, -0.15) is 0 Å². The van der Waals surface area contributed by atoms with E-state index in [-0.39, 0.29) is 0 Å². The summed E-state index contributed by atoms with van der Waals surface area (Å²) < 4.78 is 4.81. The minimum atomic E-state index is 1.15. The van der Waals surface area contributed by atoms with E-state index in [0.29, 0.717) is 0 Å². The molecule has 56 heavy (non-hydrogen) atoms. The first-order valence-electron chi connectivity index (χ1n) is 19.3. The van der Waals surface area contributed by atoms with Gasteiger partial charge in [-0.1, -0.05) is 164 Å². The topological polar surface area (TPSA) is 9.86 Å². The van der Waals surface area contributed by atoms with Crippen molar-refractivity contribution in [3.05, 3.63) is 218 Å². The summed E-state index contributed by atoms with van der Waals surface area (Å²) in [5.41, 5.74) is 16.8. The maximum absolute atomic E-state index is 2.42. The molecular formula is C54H36N2. The van der Waals surface area contributed by atoms with Gasteiger partial charge in [0, 0.05) is 32.9 Å². The second-order valence-electron chi connectivity index (χ2n) is 14.6. The van der Waals surface area contributed by atoms with Crippen LogP contribution in [0.1, 0.15) is 0 Å². The summed E-state index contributed by atoms with van der Waals surface area (Å²) in [7, 11) is 0. The van der Waals surface area contributed by atoms with E-state index in [2.05, 4.69) is 228 Å². The SMILES string of the molecule is c1ccc(-c2ccc(-c3ccc(-c4ccc5c(c4)c4ccc(-c6ccc7c8ccccc8n(-c8ccccc8)c7c6)cc4n5-c4ccccc4)cc3)cc2)cc1. The fraction of sp³-hybridized carbons (Fsp3) is 0. The Labute approximate surface area is 325 Å². The van der Waals surface area contributed by atoms with Crippen molar-refractivity contribution in [3.63, 3.8) is 0 Å². The van der Waals surface area contributed by atoms with Crippen molar-refractivity contribution >= 4 is 43.6 Å². The molecule has 0 aliphatic rings. The van der Waals surface area contributed by atoms with Gasteiger partial charge in [-0.15, -0.1) is 0 Å². The van der Waals surface area contributed by atoms with Crippen molar-refractivity contribution in [3.8, 4) is 55.9 Å². The Morgan fingerprint density at radius 2 is 0.536 bits per heavy atom. The number of nitrogens with zero attached hydrogens (tertiary/aromatic N) is 2. The first-order chi connectivity index (χ1) is 27.8. The van der Waals surface area contributed by atoms with Crippen molar-refractivity contribution in [1.82, 2.24) is 9.13 Å². The van der Waals surface area contributed by atoms with Crippen molar-refractivity contribution < 1.29 is 0 Å². The molecule has 11 aromatic rings. The highest BCUT2D eigenvalue weighted by Crippen LogP contribution is 2.39. The van der Waals surface area contributed by atoms with E-state index in [0.717, 1.165) is 5.69 Å². The summed E-state index contributed by atoms with van der Waals surface area (Å²) in [6.45, 7) is 0. The number of aromatic nitrogens is 2. The van der Waals surface area contributed by atoms with Crippen LogP contribution in [0.2, 0.25) is 0 Å². The Morgan fingerprint density at radius 1 is 0.196 bits per heavy atom. The molecule has 0 saturated heterocycles. The van der Waals surface area contributed by atoms with E-state index in [9.17, 15) is 0 Å². The fourth-order valence-electron chi connectivity index (χ4n) is 8.58. The third-order valence-electron chi connectivity index (χ3n) is 11.3. The lowest BCUT2D eigenvalue weighted by molar-refractivity contribution is 1.18. The molecule has 9 aromatic carbocycles. The van der Waals surface area contributed by atoms with E-state index < -0.39 is 0 Å². The maximum atomic E-state index is 2.42. The van der Waals surface area contributed by atoms with E-state index in [1.54, 1.807) is 0 Å². The van der Waals surface area contributed by atoms with Gasteiger partial charge >= 0.3 is 0 Å². The molecule has 0 aliphatic heterocycles. The molecule has 0 amide bonds. The third-order valence-corrected chi connectivity index (χ3v) is 11.3. The molecule has 0 saturated carbocycles. The molecule has 0 fully saturated rings.